The number of thioether (sulfide) groups is 1. The quantitative estimate of drug-likeness (QED) is 0.637. The molecule has 0 aromatic carbocycles. The number of carboxylic acid groups (broad SMARTS) is 1. The first-order valence-electron chi connectivity index (χ1n) is 6.30. The maximum Gasteiger partial charge on any atom is 0.313 e. The van der Waals surface area contributed by atoms with Crippen molar-refractivity contribution in [2.75, 3.05) is 24.7 Å². The smallest absolute Gasteiger partial charge is 0.313 e. The standard InChI is InChI=1S/C12H21NO4S/c14-6-10-4-2-1-3-9(10)5-13-11(15)7-18-8-12(16)17/h9-10,14H,1-8H2,(H,13,15)(H,16,17). The zero-order valence-electron chi connectivity index (χ0n) is 10.4. The molecule has 2 atom stereocenters. The Labute approximate surface area is 111 Å². The van der Waals surface area contributed by atoms with Gasteiger partial charge in [0.1, 0.15) is 0 Å². The van der Waals surface area contributed by atoms with Crippen LogP contribution >= 0.6 is 11.8 Å². The maximum atomic E-state index is 11.5. The van der Waals surface area contributed by atoms with Gasteiger partial charge in [0.2, 0.25) is 5.91 Å². The van der Waals surface area contributed by atoms with E-state index in [0.29, 0.717) is 18.4 Å². The number of rotatable bonds is 7. The number of carboxylic acids is 1. The third kappa shape index (κ3) is 5.73. The van der Waals surface area contributed by atoms with E-state index in [1.54, 1.807) is 0 Å². The molecular formula is C12H21NO4S. The van der Waals surface area contributed by atoms with E-state index in [-0.39, 0.29) is 24.0 Å². The summed E-state index contributed by atoms with van der Waals surface area (Å²) >= 11 is 1.10. The molecule has 1 fully saturated rings. The van der Waals surface area contributed by atoms with E-state index in [9.17, 15) is 14.7 Å². The molecule has 104 valence electrons. The minimum Gasteiger partial charge on any atom is -0.481 e. The van der Waals surface area contributed by atoms with Crippen molar-refractivity contribution in [1.29, 1.82) is 0 Å². The number of hydrogen-bond acceptors (Lipinski definition) is 4. The highest BCUT2D eigenvalue weighted by Crippen LogP contribution is 2.28. The number of aliphatic hydroxyl groups is 1. The molecule has 18 heavy (non-hydrogen) atoms. The van der Waals surface area contributed by atoms with Gasteiger partial charge in [-0.15, -0.1) is 11.8 Å². The summed E-state index contributed by atoms with van der Waals surface area (Å²) in [7, 11) is 0. The second-order valence-electron chi connectivity index (χ2n) is 4.68. The van der Waals surface area contributed by atoms with Crippen LogP contribution in [-0.2, 0) is 9.59 Å². The fourth-order valence-electron chi connectivity index (χ4n) is 2.32. The van der Waals surface area contributed by atoms with Gasteiger partial charge in [-0.05, 0) is 24.7 Å². The Morgan fingerprint density at radius 3 is 2.44 bits per heavy atom. The van der Waals surface area contributed by atoms with Crippen molar-refractivity contribution in [2.24, 2.45) is 11.8 Å². The van der Waals surface area contributed by atoms with Gasteiger partial charge in [-0.25, -0.2) is 0 Å². The summed E-state index contributed by atoms with van der Waals surface area (Å²) in [5, 5.41) is 20.5. The van der Waals surface area contributed by atoms with E-state index in [1.807, 2.05) is 0 Å². The van der Waals surface area contributed by atoms with Crippen molar-refractivity contribution < 1.29 is 19.8 Å². The molecule has 0 aliphatic heterocycles. The molecule has 0 radical (unpaired) electrons. The molecule has 3 N–H and O–H groups in total. The molecule has 0 aromatic heterocycles. The number of aliphatic carboxylic acids is 1. The van der Waals surface area contributed by atoms with E-state index in [0.717, 1.165) is 37.4 Å². The molecule has 5 nitrogen and oxygen atoms in total. The number of aliphatic hydroxyl groups excluding tert-OH is 1. The third-order valence-electron chi connectivity index (χ3n) is 3.32. The van der Waals surface area contributed by atoms with Crippen LogP contribution in [0.2, 0.25) is 0 Å². The molecule has 0 spiro atoms. The van der Waals surface area contributed by atoms with Crippen molar-refractivity contribution >= 4 is 23.6 Å². The van der Waals surface area contributed by atoms with Gasteiger partial charge >= 0.3 is 5.97 Å². The molecule has 1 rings (SSSR count). The number of amides is 1. The van der Waals surface area contributed by atoms with Gasteiger partial charge in [0.15, 0.2) is 0 Å². The number of nitrogens with one attached hydrogen (secondary N) is 1. The van der Waals surface area contributed by atoms with Crippen LogP contribution in [0.3, 0.4) is 0 Å². The Morgan fingerprint density at radius 1 is 1.17 bits per heavy atom. The molecule has 0 aromatic rings. The number of carbonyl (C=O) groups excluding carboxylic acids is 1. The molecule has 1 saturated carbocycles. The first-order valence-corrected chi connectivity index (χ1v) is 7.46. The minimum atomic E-state index is -0.902. The lowest BCUT2D eigenvalue weighted by molar-refractivity contribution is -0.133. The second-order valence-corrected chi connectivity index (χ2v) is 5.66. The fourth-order valence-corrected chi connectivity index (χ4v) is 2.88. The molecule has 0 heterocycles. The van der Waals surface area contributed by atoms with Crippen molar-refractivity contribution in [3.05, 3.63) is 0 Å². The largest absolute Gasteiger partial charge is 0.481 e. The van der Waals surface area contributed by atoms with Crippen LogP contribution in [0.15, 0.2) is 0 Å². The fraction of sp³-hybridized carbons (Fsp3) is 0.833. The summed E-state index contributed by atoms with van der Waals surface area (Å²) < 4.78 is 0. The van der Waals surface area contributed by atoms with E-state index in [4.69, 9.17) is 5.11 Å². The summed E-state index contributed by atoms with van der Waals surface area (Å²) in [4.78, 5) is 21.8. The van der Waals surface area contributed by atoms with Crippen molar-refractivity contribution in [3.8, 4) is 0 Å². The van der Waals surface area contributed by atoms with E-state index in [1.165, 1.54) is 0 Å². The molecule has 1 aliphatic carbocycles. The molecule has 0 bridgehead atoms. The molecule has 6 heteroatoms. The predicted molar refractivity (Wildman–Crippen MR) is 70.5 cm³/mol. The van der Waals surface area contributed by atoms with Crippen LogP contribution in [0, 0.1) is 11.8 Å². The van der Waals surface area contributed by atoms with Gasteiger partial charge in [0.05, 0.1) is 11.5 Å². The van der Waals surface area contributed by atoms with Gasteiger partial charge in [0, 0.05) is 13.2 Å². The molecule has 2 unspecified atom stereocenters. The normalized spacial score (nSPS) is 23.6. The van der Waals surface area contributed by atoms with Gasteiger partial charge in [-0.1, -0.05) is 12.8 Å². The maximum absolute atomic E-state index is 11.5. The highest BCUT2D eigenvalue weighted by atomic mass is 32.2. The van der Waals surface area contributed by atoms with Gasteiger partial charge in [-0.3, -0.25) is 9.59 Å². The van der Waals surface area contributed by atoms with Gasteiger partial charge in [0.25, 0.3) is 0 Å². The second kappa shape index (κ2) is 8.37. The van der Waals surface area contributed by atoms with Gasteiger partial charge in [-0.2, -0.15) is 0 Å². The molecular weight excluding hydrogens is 254 g/mol. The van der Waals surface area contributed by atoms with Crippen LogP contribution in [0.4, 0.5) is 0 Å². The molecule has 1 amide bonds. The zero-order valence-corrected chi connectivity index (χ0v) is 11.2. The first-order chi connectivity index (χ1) is 8.63. The molecule has 1 aliphatic rings. The Hall–Kier alpha value is -0.750. The highest BCUT2D eigenvalue weighted by molar-refractivity contribution is 8.00. The first kappa shape index (κ1) is 15.3. The van der Waals surface area contributed by atoms with Crippen molar-refractivity contribution in [2.45, 2.75) is 25.7 Å². The van der Waals surface area contributed by atoms with Gasteiger partial charge < -0.3 is 15.5 Å². The molecule has 0 saturated heterocycles. The Balaban J connectivity index is 2.18. The lowest BCUT2D eigenvalue weighted by Gasteiger charge is -2.30. The average molecular weight is 275 g/mol. The minimum absolute atomic E-state index is 0.0455. The van der Waals surface area contributed by atoms with Crippen LogP contribution in [0.5, 0.6) is 0 Å². The predicted octanol–water partition coefficient (Wildman–Crippen LogP) is 0.719. The lowest BCUT2D eigenvalue weighted by atomic mass is 9.79. The topological polar surface area (TPSA) is 86.6 Å². The number of carbonyl (C=O) groups is 2. The van der Waals surface area contributed by atoms with E-state index < -0.39 is 5.97 Å². The third-order valence-corrected chi connectivity index (χ3v) is 4.24. The Morgan fingerprint density at radius 2 is 1.83 bits per heavy atom. The summed E-state index contributed by atoms with van der Waals surface area (Å²) in [6, 6.07) is 0. The summed E-state index contributed by atoms with van der Waals surface area (Å²) in [5.74, 6) is -0.231. The average Bonchev–Trinajstić information content (AvgIpc) is 2.36. The van der Waals surface area contributed by atoms with Crippen LogP contribution < -0.4 is 5.32 Å². The van der Waals surface area contributed by atoms with Crippen molar-refractivity contribution in [3.63, 3.8) is 0 Å². The van der Waals surface area contributed by atoms with Crippen LogP contribution in [0.1, 0.15) is 25.7 Å². The lowest BCUT2D eigenvalue weighted by Crippen LogP contribution is -2.36. The monoisotopic (exact) mass is 275 g/mol. The summed E-state index contributed by atoms with van der Waals surface area (Å²) in [5.41, 5.74) is 0. The van der Waals surface area contributed by atoms with E-state index >= 15 is 0 Å². The summed E-state index contributed by atoms with van der Waals surface area (Å²) in [6.45, 7) is 0.784. The van der Waals surface area contributed by atoms with Crippen molar-refractivity contribution in [1.82, 2.24) is 5.32 Å². The Bertz CT molecular complexity index is 285. The zero-order chi connectivity index (χ0) is 13.4. The summed E-state index contributed by atoms with van der Waals surface area (Å²) in [6.07, 6.45) is 4.40. The van der Waals surface area contributed by atoms with E-state index in [2.05, 4.69) is 5.32 Å². The van der Waals surface area contributed by atoms with Crippen LogP contribution in [-0.4, -0.2) is 46.7 Å². The Kier molecular flexibility index (Phi) is 7.12. The highest BCUT2D eigenvalue weighted by Gasteiger charge is 2.24. The SMILES string of the molecule is O=C(O)CSCC(=O)NCC1CCCCC1CO. The number of hydrogen-bond donors (Lipinski definition) is 3. The van der Waals surface area contributed by atoms with Crippen LogP contribution in [0.25, 0.3) is 0 Å².